The number of ether oxygens (including phenoxy) is 1. The number of nitrogens with zero attached hydrogens (tertiary/aromatic N) is 1. The molecule has 1 spiro atoms. The average molecular weight is 382 g/mol. The number of aliphatic hydroxyl groups excluding tert-OH is 1. The maximum Gasteiger partial charge on any atom is 0.411 e. The van der Waals surface area contributed by atoms with Crippen molar-refractivity contribution in [3.63, 3.8) is 0 Å². The molecule has 1 saturated carbocycles. The molecule has 154 valence electrons. The maximum absolute atomic E-state index is 13.1. The van der Waals surface area contributed by atoms with Gasteiger partial charge in [-0.25, -0.2) is 4.79 Å². The van der Waals surface area contributed by atoms with Crippen LogP contribution in [0.15, 0.2) is 0 Å². The van der Waals surface area contributed by atoms with E-state index >= 15 is 0 Å². The highest BCUT2D eigenvalue weighted by molar-refractivity contribution is 6.02. The van der Waals surface area contributed by atoms with Crippen molar-refractivity contribution >= 4 is 17.7 Å². The van der Waals surface area contributed by atoms with Gasteiger partial charge in [-0.15, -0.1) is 0 Å². The Hall–Kier alpha value is -1.43. The molecule has 1 saturated heterocycles. The number of hydrogen-bond acceptors (Lipinski definition) is 5. The minimum Gasteiger partial charge on any atom is -0.444 e. The molecule has 0 aromatic rings. The third kappa shape index (κ3) is 4.53. The van der Waals surface area contributed by atoms with Gasteiger partial charge >= 0.3 is 6.09 Å². The fourth-order valence-electron chi connectivity index (χ4n) is 4.42. The molecule has 1 aliphatic heterocycles. The maximum atomic E-state index is 13.1. The van der Waals surface area contributed by atoms with Crippen LogP contribution >= 0.6 is 0 Å². The molecule has 4 atom stereocenters. The normalized spacial score (nSPS) is 27.6. The first-order valence-corrected chi connectivity index (χ1v) is 10.1. The first-order chi connectivity index (χ1) is 12.4. The van der Waals surface area contributed by atoms with Crippen molar-refractivity contribution in [3.05, 3.63) is 0 Å². The lowest BCUT2D eigenvalue weighted by molar-refractivity contribution is -0.157. The molecule has 1 heterocycles. The molecule has 1 amide bonds. The Morgan fingerprint density at radius 3 is 2.41 bits per heavy atom. The van der Waals surface area contributed by atoms with E-state index < -0.39 is 35.2 Å². The zero-order chi connectivity index (χ0) is 20.6. The summed E-state index contributed by atoms with van der Waals surface area (Å²) in [7, 11) is 0. The van der Waals surface area contributed by atoms with Crippen molar-refractivity contribution < 1.29 is 24.2 Å². The van der Waals surface area contributed by atoms with Crippen LogP contribution in [0.3, 0.4) is 0 Å². The molecule has 1 aliphatic carbocycles. The summed E-state index contributed by atoms with van der Waals surface area (Å²) in [5.74, 6) is -0.927. The average Bonchev–Trinajstić information content (AvgIpc) is 2.97. The van der Waals surface area contributed by atoms with Gasteiger partial charge < -0.3 is 9.84 Å². The summed E-state index contributed by atoms with van der Waals surface area (Å²) in [6.45, 7) is 11.6. The van der Waals surface area contributed by atoms with Gasteiger partial charge in [-0.3, -0.25) is 14.5 Å². The molecule has 0 radical (unpaired) electrons. The first kappa shape index (κ1) is 21.9. The lowest BCUT2D eigenvalue weighted by Crippen LogP contribution is -2.67. The second kappa shape index (κ2) is 7.90. The highest BCUT2D eigenvalue weighted by Crippen LogP contribution is 2.50. The highest BCUT2D eigenvalue weighted by Gasteiger charge is 2.63. The number of rotatable bonds is 6. The highest BCUT2D eigenvalue weighted by atomic mass is 16.6. The van der Waals surface area contributed by atoms with E-state index in [0.717, 1.165) is 12.8 Å². The van der Waals surface area contributed by atoms with Crippen molar-refractivity contribution in [1.82, 2.24) is 4.90 Å². The molecular weight excluding hydrogens is 346 g/mol. The van der Waals surface area contributed by atoms with Crippen molar-refractivity contribution in [2.45, 2.75) is 90.9 Å². The van der Waals surface area contributed by atoms with Crippen molar-refractivity contribution in [3.8, 4) is 0 Å². The number of hydrogen-bond donors (Lipinski definition) is 1. The fraction of sp³-hybridized carbons (Fsp3) is 0.857. The van der Waals surface area contributed by atoms with E-state index in [4.69, 9.17) is 4.74 Å². The molecule has 0 aromatic heterocycles. The molecule has 6 heteroatoms. The topological polar surface area (TPSA) is 83.9 Å². The minimum atomic E-state index is -0.868. The molecule has 2 fully saturated rings. The van der Waals surface area contributed by atoms with Crippen LogP contribution in [0.1, 0.15) is 73.6 Å². The van der Waals surface area contributed by atoms with Crippen LogP contribution in [0, 0.1) is 17.8 Å². The van der Waals surface area contributed by atoms with Gasteiger partial charge in [-0.1, -0.05) is 13.8 Å². The van der Waals surface area contributed by atoms with Crippen molar-refractivity contribution in [2.24, 2.45) is 17.8 Å². The van der Waals surface area contributed by atoms with E-state index in [1.165, 1.54) is 0 Å². The minimum absolute atomic E-state index is 0.0475. The summed E-state index contributed by atoms with van der Waals surface area (Å²) in [5, 5.41) is 10.2. The molecule has 2 rings (SSSR count). The SMILES string of the molecule is CC(C)CCC(=O)[C@@H](C1CC2(CCCN2C(=O)OC(C)(C)C)C1=O)[C@@H](C)O. The number of likely N-dealkylation sites (tertiary alicyclic amines) is 1. The molecule has 2 unspecified atom stereocenters. The van der Waals surface area contributed by atoms with Crippen LogP contribution in [0.5, 0.6) is 0 Å². The molecular formula is C21H35NO5. The third-order valence-corrected chi connectivity index (χ3v) is 5.75. The Kier molecular flexibility index (Phi) is 6.40. The summed E-state index contributed by atoms with van der Waals surface area (Å²) >= 11 is 0. The first-order valence-electron chi connectivity index (χ1n) is 10.1. The zero-order valence-electron chi connectivity index (χ0n) is 17.6. The zero-order valence-corrected chi connectivity index (χ0v) is 17.6. The molecule has 2 aliphatic rings. The number of ketones is 2. The summed E-state index contributed by atoms with van der Waals surface area (Å²) < 4.78 is 5.48. The van der Waals surface area contributed by atoms with Gasteiger partial charge in [-0.2, -0.15) is 0 Å². The Morgan fingerprint density at radius 2 is 1.93 bits per heavy atom. The predicted molar refractivity (Wildman–Crippen MR) is 102 cm³/mol. The smallest absolute Gasteiger partial charge is 0.411 e. The van der Waals surface area contributed by atoms with E-state index in [1.54, 1.807) is 32.6 Å². The number of amides is 1. The molecule has 6 nitrogen and oxygen atoms in total. The van der Waals surface area contributed by atoms with E-state index in [0.29, 0.717) is 31.7 Å². The van der Waals surface area contributed by atoms with Crippen molar-refractivity contribution in [2.75, 3.05) is 6.54 Å². The van der Waals surface area contributed by atoms with Crippen LogP contribution in [0.2, 0.25) is 0 Å². The molecule has 0 bridgehead atoms. The second-order valence-electron chi connectivity index (χ2n) is 9.61. The predicted octanol–water partition coefficient (Wildman–Crippen LogP) is 3.35. The quantitative estimate of drug-likeness (QED) is 0.763. The third-order valence-electron chi connectivity index (χ3n) is 5.75. The van der Waals surface area contributed by atoms with Gasteiger partial charge in [0.1, 0.15) is 16.9 Å². The lowest BCUT2D eigenvalue weighted by atomic mass is 9.59. The summed E-state index contributed by atoms with van der Waals surface area (Å²) in [4.78, 5) is 39.9. The van der Waals surface area contributed by atoms with Gasteiger partial charge in [0.15, 0.2) is 5.78 Å². The monoisotopic (exact) mass is 381 g/mol. The van der Waals surface area contributed by atoms with E-state index in [1.807, 2.05) is 13.8 Å². The Morgan fingerprint density at radius 1 is 1.30 bits per heavy atom. The van der Waals surface area contributed by atoms with Gasteiger partial charge in [0.05, 0.1) is 12.0 Å². The molecule has 1 N–H and O–H groups in total. The number of carbonyl (C=O) groups is 3. The van der Waals surface area contributed by atoms with Crippen LogP contribution < -0.4 is 0 Å². The van der Waals surface area contributed by atoms with Crippen LogP contribution in [0.4, 0.5) is 4.79 Å². The van der Waals surface area contributed by atoms with Gasteiger partial charge in [0, 0.05) is 18.9 Å². The van der Waals surface area contributed by atoms with E-state index in [-0.39, 0.29) is 11.6 Å². The standard InChI is InChI=1S/C21H35NO5/c1-13(2)8-9-16(24)17(14(3)23)15-12-21(18(15)25)10-7-11-22(21)19(26)27-20(4,5)6/h13-15,17,23H,7-12H2,1-6H3/t14-,15?,17-,21?/m1/s1. The van der Waals surface area contributed by atoms with E-state index in [2.05, 4.69) is 0 Å². The largest absolute Gasteiger partial charge is 0.444 e. The van der Waals surface area contributed by atoms with Gasteiger partial charge in [-0.05, 0) is 59.3 Å². The molecule has 27 heavy (non-hydrogen) atoms. The Bertz CT molecular complexity index is 592. The van der Waals surface area contributed by atoms with Gasteiger partial charge in [0.25, 0.3) is 0 Å². The number of aliphatic hydroxyl groups is 1. The molecule has 0 aromatic carbocycles. The van der Waals surface area contributed by atoms with Crippen LogP contribution in [0.25, 0.3) is 0 Å². The summed E-state index contributed by atoms with van der Waals surface area (Å²) in [6.07, 6.45) is 1.58. The lowest BCUT2D eigenvalue weighted by Gasteiger charge is -2.51. The fourth-order valence-corrected chi connectivity index (χ4v) is 4.42. The summed E-state index contributed by atoms with van der Waals surface area (Å²) in [5.41, 5.74) is -1.47. The van der Waals surface area contributed by atoms with E-state index in [9.17, 15) is 19.5 Å². The van der Waals surface area contributed by atoms with Crippen molar-refractivity contribution in [1.29, 1.82) is 0 Å². The Labute approximate surface area is 162 Å². The number of Topliss-reactive ketones (excluding diaryl/α,β-unsaturated/α-hetero) is 2. The summed E-state index contributed by atoms with van der Waals surface area (Å²) in [6, 6.07) is 0. The Balaban J connectivity index is 2.12. The van der Waals surface area contributed by atoms with Crippen LogP contribution in [-0.4, -0.2) is 51.5 Å². The van der Waals surface area contributed by atoms with Crippen LogP contribution in [-0.2, 0) is 14.3 Å². The van der Waals surface area contributed by atoms with Gasteiger partial charge in [0.2, 0.25) is 0 Å². The number of carbonyl (C=O) groups excluding carboxylic acids is 3. The second-order valence-corrected chi connectivity index (χ2v) is 9.61.